The van der Waals surface area contributed by atoms with Gasteiger partial charge in [0.2, 0.25) is 0 Å². The van der Waals surface area contributed by atoms with Crippen LogP contribution in [0.25, 0.3) is 0 Å². The number of fused-ring (bicyclic) bond motifs is 1. The van der Waals surface area contributed by atoms with Crippen LogP contribution in [0.4, 0.5) is 5.69 Å². The second-order valence-corrected chi connectivity index (χ2v) is 4.95. The van der Waals surface area contributed by atoms with E-state index < -0.39 is 0 Å². The monoisotopic (exact) mass is 284 g/mol. The number of halogens is 1. The summed E-state index contributed by atoms with van der Waals surface area (Å²) in [5.74, 6) is 0.944. The molecule has 4 heteroatoms. The molecule has 1 aliphatic rings. The average Bonchev–Trinajstić information content (AvgIpc) is 2.29. The van der Waals surface area contributed by atoms with Crippen molar-refractivity contribution in [3.8, 4) is 5.75 Å². The summed E-state index contributed by atoms with van der Waals surface area (Å²) in [5, 5.41) is 6.67. The van der Waals surface area contributed by atoms with Crippen LogP contribution in [0, 0.1) is 0 Å². The Morgan fingerprint density at radius 3 is 3.25 bits per heavy atom. The van der Waals surface area contributed by atoms with Gasteiger partial charge in [0.05, 0.1) is 11.7 Å². The lowest BCUT2D eigenvalue weighted by atomic mass is 10.1. The zero-order chi connectivity index (χ0) is 11.4. The standard InChI is InChI=1S/C12H17BrN2O/c1-14-6-2-3-10-8-16-12-7-9(13)4-5-11(12)15-10/h4-5,7,10,14-15H,2-3,6,8H2,1H3. The number of benzene rings is 1. The largest absolute Gasteiger partial charge is 0.489 e. The Morgan fingerprint density at radius 2 is 2.44 bits per heavy atom. The highest BCUT2D eigenvalue weighted by molar-refractivity contribution is 9.10. The first-order chi connectivity index (χ1) is 7.79. The fourth-order valence-electron chi connectivity index (χ4n) is 1.87. The van der Waals surface area contributed by atoms with Crippen molar-refractivity contribution in [2.75, 3.05) is 25.5 Å². The minimum Gasteiger partial charge on any atom is -0.489 e. The summed E-state index contributed by atoms with van der Waals surface area (Å²) >= 11 is 3.44. The van der Waals surface area contributed by atoms with Crippen LogP contribution >= 0.6 is 15.9 Å². The van der Waals surface area contributed by atoms with E-state index in [9.17, 15) is 0 Å². The minimum atomic E-state index is 0.432. The topological polar surface area (TPSA) is 33.3 Å². The van der Waals surface area contributed by atoms with Crippen molar-refractivity contribution >= 4 is 21.6 Å². The summed E-state index contributed by atoms with van der Waals surface area (Å²) in [4.78, 5) is 0. The van der Waals surface area contributed by atoms with Gasteiger partial charge in [-0.05, 0) is 44.6 Å². The van der Waals surface area contributed by atoms with Gasteiger partial charge in [-0.15, -0.1) is 0 Å². The van der Waals surface area contributed by atoms with Crippen LogP contribution in [0.5, 0.6) is 5.75 Å². The molecule has 2 N–H and O–H groups in total. The molecular formula is C12H17BrN2O. The van der Waals surface area contributed by atoms with Crippen molar-refractivity contribution in [3.05, 3.63) is 22.7 Å². The molecule has 0 radical (unpaired) electrons. The van der Waals surface area contributed by atoms with Crippen molar-refractivity contribution in [1.29, 1.82) is 0 Å². The maximum absolute atomic E-state index is 5.73. The predicted molar refractivity (Wildman–Crippen MR) is 70.2 cm³/mol. The van der Waals surface area contributed by atoms with Crippen molar-refractivity contribution in [2.24, 2.45) is 0 Å². The molecule has 0 spiro atoms. The maximum atomic E-state index is 5.73. The van der Waals surface area contributed by atoms with E-state index in [1.54, 1.807) is 0 Å². The molecule has 3 nitrogen and oxygen atoms in total. The second kappa shape index (κ2) is 5.55. The Bertz CT molecular complexity index is 357. The SMILES string of the molecule is CNCCCC1COc2cc(Br)ccc2N1. The van der Waals surface area contributed by atoms with Gasteiger partial charge in [0, 0.05) is 4.47 Å². The molecule has 0 saturated heterocycles. The van der Waals surface area contributed by atoms with Crippen LogP contribution in [0.3, 0.4) is 0 Å². The van der Waals surface area contributed by atoms with Gasteiger partial charge in [-0.3, -0.25) is 0 Å². The summed E-state index contributed by atoms with van der Waals surface area (Å²) in [5.41, 5.74) is 1.10. The van der Waals surface area contributed by atoms with Crippen molar-refractivity contribution < 1.29 is 4.74 Å². The fraction of sp³-hybridized carbons (Fsp3) is 0.500. The highest BCUT2D eigenvalue weighted by Gasteiger charge is 2.18. The highest BCUT2D eigenvalue weighted by atomic mass is 79.9. The summed E-state index contributed by atoms with van der Waals surface area (Å²) in [6, 6.07) is 6.53. The molecule has 1 aromatic carbocycles. The summed E-state index contributed by atoms with van der Waals surface area (Å²) < 4.78 is 6.79. The lowest BCUT2D eigenvalue weighted by Gasteiger charge is -2.27. The van der Waals surface area contributed by atoms with E-state index in [1.807, 2.05) is 19.2 Å². The molecule has 1 atom stereocenters. The van der Waals surface area contributed by atoms with Crippen LogP contribution in [-0.4, -0.2) is 26.2 Å². The van der Waals surface area contributed by atoms with Gasteiger partial charge in [-0.1, -0.05) is 15.9 Å². The van der Waals surface area contributed by atoms with Crippen LogP contribution in [0.2, 0.25) is 0 Å². The van der Waals surface area contributed by atoms with E-state index in [-0.39, 0.29) is 0 Å². The van der Waals surface area contributed by atoms with Crippen LogP contribution in [-0.2, 0) is 0 Å². The lowest BCUT2D eigenvalue weighted by molar-refractivity contribution is 0.276. The highest BCUT2D eigenvalue weighted by Crippen LogP contribution is 2.32. The molecule has 2 rings (SSSR count). The first-order valence-electron chi connectivity index (χ1n) is 5.63. The second-order valence-electron chi connectivity index (χ2n) is 4.04. The molecule has 0 saturated carbocycles. The van der Waals surface area contributed by atoms with Crippen LogP contribution < -0.4 is 15.4 Å². The number of anilines is 1. The van der Waals surface area contributed by atoms with Gasteiger partial charge in [0.1, 0.15) is 12.4 Å². The Morgan fingerprint density at radius 1 is 1.56 bits per heavy atom. The fourth-order valence-corrected chi connectivity index (χ4v) is 2.21. The quantitative estimate of drug-likeness (QED) is 0.834. The van der Waals surface area contributed by atoms with Crippen molar-refractivity contribution in [3.63, 3.8) is 0 Å². The Labute approximate surface area is 105 Å². The van der Waals surface area contributed by atoms with Gasteiger partial charge in [0.25, 0.3) is 0 Å². The van der Waals surface area contributed by atoms with E-state index in [2.05, 4.69) is 32.6 Å². The molecule has 0 amide bonds. The van der Waals surface area contributed by atoms with E-state index in [0.717, 1.165) is 35.5 Å². The predicted octanol–water partition coefficient (Wildman–Crippen LogP) is 2.62. The molecule has 1 unspecified atom stereocenters. The van der Waals surface area contributed by atoms with Gasteiger partial charge < -0.3 is 15.4 Å². The first-order valence-corrected chi connectivity index (χ1v) is 6.42. The smallest absolute Gasteiger partial charge is 0.143 e. The summed E-state index contributed by atoms with van der Waals surface area (Å²) in [7, 11) is 1.98. The number of hydrogen-bond donors (Lipinski definition) is 2. The molecule has 1 aliphatic heterocycles. The number of ether oxygens (including phenoxy) is 1. The molecule has 0 fully saturated rings. The molecule has 0 aliphatic carbocycles. The maximum Gasteiger partial charge on any atom is 0.143 e. The van der Waals surface area contributed by atoms with Crippen molar-refractivity contribution in [2.45, 2.75) is 18.9 Å². The van der Waals surface area contributed by atoms with E-state index in [4.69, 9.17) is 4.74 Å². The zero-order valence-electron chi connectivity index (χ0n) is 9.42. The molecule has 0 aromatic heterocycles. The molecule has 1 heterocycles. The summed E-state index contributed by atoms with van der Waals surface area (Å²) in [6.45, 7) is 1.82. The van der Waals surface area contributed by atoms with Gasteiger partial charge >= 0.3 is 0 Å². The average molecular weight is 285 g/mol. The van der Waals surface area contributed by atoms with Crippen LogP contribution in [0.1, 0.15) is 12.8 Å². The first kappa shape index (κ1) is 11.7. The molecule has 0 bridgehead atoms. The van der Waals surface area contributed by atoms with Gasteiger partial charge in [-0.2, -0.15) is 0 Å². The molecule has 1 aromatic rings. The van der Waals surface area contributed by atoms with Gasteiger partial charge in [-0.25, -0.2) is 0 Å². The third-order valence-corrected chi connectivity index (χ3v) is 3.22. The lowest BCUT2D eigenvalue weighted by Crippen LogP contribution is -2.32. The Hall–Kier alpha value is -0.740. The normalized spacial score (nSPS) is 18.5. The molecule has 16 heavy (non-hydrogen) atoms. The zero-order valence-corrected chi connectivity index (χ0v) is 11.0. The minimum absolute atomic E-state index is 0.432. The summed E-state index contributed by atoms with van der Waals surface area (Å²) in [6.07, 6.45) is 2.31. The third kappa shape index (κ3) is 2.89. The third-order valence-electron chi connectivity index (χ3n) is 2.72. The number of rotatable bonds is 4. The number of nitrogens with one attached hydrogen (secondary N) is 2. The molecular weight excluding hydrogens is 268 g/mol. The van der Waals surface area contributed by atoms with Crippen LogP contribution in [0.15, 0.2) is 22.7 Å². The Kier molecular flexibility index (Phi) is 4.07. The van der Waals surface area contributed by atoms with E-state index in [0.29, 0.717) is 6.04 Å². The molecule has 88 valence electrons. The number of hydrogen-bond acceptors (Lipinski definition) is 3. The van der Waals surface area contributed by atoms with E-state index >= 15 is 0 Å². The van der Waals surface area contributed by atoms with Crippen molar-refractivity contribution in [1.82, 2.24) is 5.32 Å². The van der Waals surface area contributed by atoms with Gasteiger partial charge in [0.15, 0.2) is 0 Å². The Balaban J connectivity index is 1.93. The van der Waals surface area contributed by atoms with E-state index in [1.165, 1.54) is 6.42 Å².